The number of aromatic nitrogens is 1. The fourth-order valence-electron chi connectivity index (χ4n) is 1.46. The van der Waals surface area contributed by atoms with Crippen LogP contribution in [-0.2, 0) is 23.9 Å². The molecule has 0 bridgehead atoms. The largest absolute Gasteiger partial charge is 0.574 e. The van der Waals surface area contributed by atoms with Crippen molar-refractivity contribution in [3.63, 3.8) is 0 Å². The molecule has 1 aromatic heterocycles. The summed E-state index contributed by atoms with van der Waals surface area (Å²) in [4.78, 5) is 13.3. The van der Waals surface area contributed by atoms with Crippen LogP contribution in [0.1, 0.15) is 16.8 Å². The van der Waals surface area contributed by atoms with Crippen molar-refractivity contribution in [1.29, 1.82) is 0 Å². The Hall–Kier alpha value is -2.04. The molecular formula is C10H8F6N2O3. The molecule has 1 rings (SSSR count). The summed E-state index contributed by atoms with van der Waals surface area (Å²) in [6, 6.07) is 0.390. The fraction of sp³-hybridized carbons (Fsp3) is 0.400. The molecule has 0 radical (unpaired) electrons. The van der Waals surface area contributed by atoms with Gasteiger partial charge in [0.05, 0.1) is 6.42 Å². The molecule has 5 nitrogen and oxygen atoms in total. The number of carboxylic acids is 1. The van der Waals surface area contributed by atoms with Crippen molar-refractivity contribution in [2.45, 2.75) is 25.5 Å². The molecule has 0 fully saturated rings. The van der Waals surface area contributed by atoms with E-state index >= 15 is 0 Å². The maximum absolute atomic E-state index is 12.6. The number of hydrogen-bond acceptors (Lipinski definition) is 4. The first-order valence-electron chi connectivity index (χ1n) is 5.21. The van der Waals surface area contributed by atoms with E-state index < -0.39 is 54.2 Å². The monoisotopic (exact) mass is 318 g/mol. The third-order valence-electron chi connectivity index (χ3n) is 2.23. The Bertz CT molecular complexity index is 541. The smallest absolute Gasteiger partial charge is 0.481 e. The highest BCUT2D eigenvalue weighted by molar-refractivity contribution is 5.71. The molecule has 0 unspecified atom stereocenters. The number of carboxylic acid groups (broad SMARTS) is 1. The van der Waals surface area contributed by atoms with Crippen molar-refractivity contribution in [2.75, 3.05) is 0 Å². The molecule has 21 heavy (non-hydrogen) atoms. The van der Waals surface area contributed by atoms with Crippen LogP contribution in [0.5, 0.6) is 5.88 Å². The van der Waals surface area contributed by atoms with Gasteiger partial charge in [-0.1, -0.05) is 0 Å². The van der Waals surface area contributed by atoms with Gasteiger partial charge in [0.1, 0.15) is 5.69 Å². The first-order chi connectivity index (χ1) is 9.44. The summed E-state index contributed by atoms with van der Waals surface area (Å²) in [6.07, 6.45) is -11.4. The minimum Gasteiger partial charge on any atom is -0.481 e. The third kappa shape index (κ3) is 4.77. The van der Waals surface area contributed by atoms with E-state index in [1.54, 1.807) is 0 Å². The molecule has 11 heteroatoms. The summed E-state index contributed by atoms with van der Waals surface area (Å²) >= 11 is 0. The number of alkyl halides is 6. The Morgan fingerprint density at radius 3 is 2.24 bits per heavy atom. The average molecular weight is 318 g/mol. The fourth-order valence-corrected chi connectivity index (χ4v) is 1.46. The van der Waals surface area contributed by atoms with Gasteiger partial charge in [0.25, 0.3) is 0 Å². The number of pyridine rings is 1. The van der Waals surface area contributed by atoms with E-state index in [2.05, 4.69) is 9.72 Å². The average Bonchev–Trinajstić information content (AvgIpc) is 2.27. The van der Waals surface area contributed by atoms with E-state index in [4.69, 9.17) is 10.8 Å². The minimum absolute atomic E-state index is 0.390. The van der Waals surface area contributed by atoms with Crippen LogP contribution in [0.4, 0.5) is 26.3 Å². The number of hydrogen-bond donors (Lipinski definition) is 2. The number of aliphatic carboxylic acids is 1. The molecule has 3 N–H and O–H groups in total. The number of carbonyl (C=O) groups is 1. The van der Waals surface area contributed by atoms with Crippen molar-refractivity contribution in [1.82, 2.24) is 4.98 Å². The van der Waals surface area contributed by atoms with Crippen LogP contribution in [0.25, 0.3) is 0 Å². The van der Waals surface area contributed by atoms with E-state index in [1.165, 1.54) is 0 Å². The van der Waals surface area contributed by atoms with Gasteiger partial charge >= 0.3 is 18.5 Å². The third-order valence-corrected chi connectivity index (χ3v) is 2.23. The number of nitrogens with zero attached hydrogens (tertiary/aromatic N) is 1. The molecule has 0 aliphatic heterocycles. The quantitative estimate of drug-likeness (QED) is 0.830. The van der Waals surface area contributed by atoms with E-state index in [9.17, 15) is 31.1 Å². The highest BCUT2D eigenvalue weighted by Crippen LogP contribution is 2.34. The summed E-state index contributed by atoms with van der Waals surface area (Å²) < 4.78 is 77.6. The topological polar surface area (TPSA) is 85.4 Å². The predicted molar refractivity (Wildman–Crippen MR) is 55.2 cm³/mol. The summed E-state index contributed by atoms with van der Waals surface area (Å²) in [7, 11) is 0. The predicted octanol–water partition coefficient (Wildman–Crippen LogP) is 2.08. The van der Waals surface area contributed by atoms with Gasteiger partial charge in [-0.2, -0.15) is 13.2 Å². The van der Waals surface area contributed by atoms with Crippen molar-refractivity contribution >= 4 is 5.97 Å². The van der Waals surface area contributed by atoms with Crippen LogP contribution in [0.2, 0.25) is 0 Å². The molecule has 0 saturated carbocycles. The van der Waals surface area contributed by atoms with Crippen molar-refractivity contribution in [2.24, 2.45) is 5.73 Å². The van der Waals surface area contributed by atoms with Crippen LogP contribution in [-0.4, -0.2) is 22.4 Å². The molecule has 0 aromatic carbocycles. The zero-order chi connectivity index (χ0) is 16.4. The van der Waals surface area contributed by atoms with E-state index in [0.29, 0.717) is 6.07 Å². The molecule has 0 spiro atoms. The Kier molecular flexibility index (Phi) is 4.66. The zero-order valence-corrected chi connectivity index (χ0v) is 10.0. The molecule has 0 aliphatic rings. The van der Waals surface area contributed by atoms with Crippen molar-refractivity contribution in [3.8, 4) is 5.88 Å². The van der Waals surface area contributed by atoms with Gasteiger partial charge in [-0.3, -0.25) is 4.79 Å². The lowest BCUT2D eigenvalue weighted by atomic mass is 10.1. The lowest BCUT2D eigenvalue weighted by Gasteiger charge is -2.17. The Balaban J connectivity index is 3.48. The number of nitrogens with two attached hydrogens (primary N) is 1. The SMILES string of the molecule is NCc1cc(C(F)(F)F)nc(OC(F)(F)F)c1CC(=O)O. The molecule has 1 aromatic rings. The van der Waals surface area contributed by atoms with Crippen molar-refractivity contribution in [3.05, 3.63) is 22.9 Å². The van der Waals surface area contributed by atoms with Gasteiger partial charge in [-0.15, -0.1) is 13.2 Å². The normalized spacial score (nSPS) is 12.3. The molecule has 0 saturated heterocycles. The van der Waals surface area contributed by atoms with Crippen LogP contribution < -0.4 is 10.5 Å². The summed E-state index contributed by atoms with van der Waals surface area (Å²) in [5.41, 5.74) is 2.39. The minimum atomic E-state index is -5.32. The first-order valence-corrected chi connectivity index (χ1v) is 5.21. The molecule has 118 valence electrons. The molecular weight excluding hydrogens is 310 g/mol. The van der Waals surface area contributed by atoms with Crippen molar-refractivity contribution < 1.29 is 41.0 Å². The first kappa shape index (κ1) is 17.0. The highest BCUT2D eigenvalue weighted by Gasteiger charge is 2.38. The number of rotatable bonds is 4. The lowest BCUT2D eigenvalue weighted by molar-refractivity contribution is -0.276. The Morgan fingerprint density at radius 2 is 1.86 bits per heavy atom. The molecule has 0 aliphatic carbocycles. The number of ether oxygens (including phenoxy) is 1. The van der Waals surface area contributed by atoms with Gasteiger partial charge in [-0.25, -0.2) is 4.98 Å². The Labute approximate surface area is 113 Å². The van der Waals surface area contributed by atoms with Crippen LogP contribution in [0.3, 0.4) is 0 Å². The second-order valence-electron chi connectivity index (χ2n) is 3.77. The van der Waals surface area contributed by atoms with E-state index in [1.807, 2.05) is 0 Å². The number of halogens is 6. The van der Waals surface area contributed by atoms with Gasteiger partial charge in [0, 0.05) is 12.1 Å². The zero-order valence-electron chi connectivity index (χ0n) is 10.0. The highest BCUT2D eigenvalue weighted by atomic mass is 19.4. The second-order valence-corrected chi connectivity index (χ2v) is 3.77. The van der Waals surface area contributed by atoms with E-state index in [0.717, 1.165) is 0 Å². The van der Waals surface area contributed by atoms with Crippen LogP contribution in [0.15, 0.2) is 6.07 Å². The Morgan fingerprint density at radius 1 is 1.29 bits per heavy atom. The van der Waals surface area contributed by atoms with Gasteiger partial charge in [0.15, 0.2) is 0 Å². The standard InChI is InChI=1S/C10H8F6N2O3/c11-9(12,13)6-1-4(3-17)5(2-7(19)20)8(18-6)21-10(14,15)16/h1H,2-3,17H2,(H,19,20). The second kappa shape index (κ2) is 5.76. The van der Waals surface area contributed by atoms with E-state index in [-0.39, 0.29) is 0 Å². The van der Waals surface area contributed by atoms with Gasteiger partial charge in [0.2, 0.25) is 5.88 Å². The maximum Gasteiger partial charge on any atom is 0.574 e. The lowest BCUT2D eigenvalue weighted by Crippen LogP contribution is -2.22. The summed E-state index contributed by atoms with van der Waals surface area (Å²) in [6.45, 7) is -0.609. The summed E-state index contributed by atoms with van der Waals surface area (Å²) in [5.74, 6) is -3.04. The molecule has 0 atom stereocenters. The summed E-state index contributed by atoms with van der Waals surface area (Å²) in [5, 5.41) is 8.61. The van der Waals surface area contributed by atoms with Gasteiger partial charge < -0.3 is 15.6 Å². The van der Waals surface area contributed by atoms with Crippen LogP contribution >= 0.6 is 0 Å². The maximum atomic E-state index is 12.6. The van der Waals surface area contributed by atoms with Crippen LogP contribution in [0, 0.1) is 0 Å². The molecule has 0 amide bonds. The van der Waals surface area contributed by atoms with Gasteiger partial charge in [-0.05, 0) is 11.6 Å². The molecule has 1 heterocycles.